The molecule has 1 fully saturated rings. The summed E-state index contributed by atoms with van der Waals surface area (Å²) in [6, 6.07) is 23.9. The van der Waals surface area contributed by atoms with Gasteiger partial charge in [0, 0.05) is 6.54 Å². The molecule has 4 nitrogen and oxygen atoms in total. The van der Waals surface area contributed by atoms with Gasteiger partial charge >= 0.3 is 5.97 Å². The third-order valence-electron chi connectivity index (χ3n) is 6.87. The van der Waals surface area contributed by atoms with Crippen LogP contribution in [-0.2, 0) is 17.8 Å². The summed E-state index contributed by atoms with van der Waals surface area (Å²) in [6.07, 6.45) is 3.36. The molecule has 0 aliphatic carbocycles. The van der Waals surface area contributed by atoms with E-state index in [4.69, 9.17) is 9.84 Å². The Bertz CT molecular complexity index is 1100. The van der Waals surface area contributed by atoms with E-state index >= 15 is 0 Å². The number of hydrogen-bond donors (Lipinski definition) is 1. The molecule has 4 rings (SSSR count). The summed E-state index contributed by atoms with van der Waals surface area (Å²) in [7, 11) is 0. The fraction of sp³-hybridized carbons (Fsp3) is 0.367. The van der Waals surface area contributed by atoms with E-state index in [1.54, 1.807) is 0 Å². The Kier molecular flexibility index (Phi) is 8.02. The second-order valence-corrected chi connectivity index (χ2v) is 9.33. The maximum Gasteiger partial charge on any atom is 0.304 e. The van der Waals surface area contributed by atoms with Crippen molar-refractivity contribution in [2.24, 2.45) is 0 Å². The summed E-state index contributed by atoms with van der Waals surface area (Å²) in [6.45, 7) is 7.48. The van der Waals surface area contributed by atoms with E-state index in [-0.39, 0.29) is 6.42 Å². The summed E-state index contributed by atoms with van der Waals surface area (Å²) in [5.41, 5.74) is 7.64. The molecule has 0 radical (unpaired) electrons. The highest BCUT2D eigenvalue weighted by Crippen LogP contribution is 2.30. The highest BCUT2D eigenvalue weighted by atomic mass is 16.5. The number of carbonyl (C=O) groups is 1. The molecule has 0 bridgehead atoms. The minimum absolute atomic E-state index is 0.230. The van der Waals surface area contributed by atoms with Gasteiger partial charge in [0.15, 0.2) is 0 Å². The average Bonchev–Trinajstić information content (AvgIpc) is 2.86. The van der Waals surface area contributed by atoms with Crippen LogP contribution >= 0.6 is 0 Å². The lowest BCUT2D eigenvalue weighted by Crippen LogP contribution is -2.34. The van der Waals surface area contributed by atoms with E-state index in [0.717, 1.165) is 38.1 Å². The van der Waals surface area contributed by atoms with Gasteiger partial charge in [-0.15, -0.1) is 0 Å². The monoisotopic (exact) mass is 457 g/mol. The number of hydrogen-bond acceptors (Lipinski definition) is 3. The van der Waals surface area contributed by atoms with Crippen LogP contribution in [0.5, 0.6) is 5.75 Å². The number of likely N-dealkylation sites (tertiary alicyclic amines) is 1. The van der Waals surface area contributed by atoms with E-state index in [0.29, 0.717) is 19.1 Å². The normalized spacial score (nSPS) is 14.8. The summed E-state index contributed by atoms with van der Waals surface area (Å²) in [4.78, 5) is 13.0. The molecular formula is C30H35NO3. The topological polar surface area (TPSA) is 49.8 Å². The van der Waals surface area contributed by atoms with Crippen molar-refractivity contribution >= 4 is 5.97 Å². The predicted octanol–water partition coefficient (Wildman–Crippen LogP) is 6.46. The zero-order valence-electron chi connectivity index (χ0n) is 20.3. The summed E-state index contributed by atoms with van der Waals surface area (Å²) >= 11 is 0. The van der Waals surface area contributed by atoms with Gasteiger partial charge in [0.2, 0.25) is 0 Å². The molecule has 1 heterocycles. The molecule has 0 unspecified atom stereocenters. The molecule has 4 heteroatoms. The summed E-state index contributed by atoms with van der Waals surface area (Å²) in [5.74, 6) is 0.747. The molecule has 1 N–H and O–H groups in total. The molecule has 34 heavy (non-hydrogen) atoms. The van der Waals surface area contributed by atoms with Crippen LogP contribution in [0.25, 0.3) is 11.1 Å². The molecule has 3 aromatic rings. The number of rotatable bonds is 9. The number of benzene rings is 3. The van der Waals surface area contributed by atoms with Crippen molar-refractivity contribution < 1.29 is 14.6 Å². The van der Waals surface area contributed by atoms with E-state index in [9.17, 15) is 4.79 Å². The minimum Gasteiger partial charge on any atom is -0.489 e. The van der Waals surface area contributed by atoms with Crippen molar-refractivity contribution in [3.8, 4) is 16.9 Å². The van der Waals surface area contributed by atoms with Crippen molar-refractivity contribution in [2.75, 3.05) is 19.6 Å². The van der Waals surface area contributed by atoms with E-state index in [2.05, 4.69) is 85.5 Å². The van der Waals surface area contributed by atoms with Crippen LogP contribution in [0.15, 0.2) is 66.7 Å². The van der Waals surface area contributed by atoms with Gasteiger partial charge in [0.1, 0.15) is 12.4 Å². The van der Waals surface area contributed by atoms with Gasteiger partial charge in [-0.3, -0.25) is 4.79 Å². The zero-order valence-corrected chi connectivity index (χ0v) is 20.3. The molecule has 1 aliphatic heterocycles. The quantitative estimate of drug-likeness (QED) is 0.401. The summed E-state index contributed by atoms with van der Waals surface area (Å²) in [5, 5.41) is 8.87. The number of carboxylic acid groups (broad SMARTS) is 1. The van der Waals surface area contributed by atoms with Crippen molar-refractivity contribution in [3.05, 3.63) is 89.0 Å². The van der Waals surface area contributed by atoms with E-state index in [1.165, 1.54) is 33.4 Å². The molecular weight excluding hydrogens is 422 g/mol. The number of aliphatic carboxylic acids is 1. The predicted molar refractivity (Wildman–Crippen MR) is 137 cm³/mol. The van der Waals surface area contributed by atoms with E-state index < -0.39 is 5.97 Å². The maximum atomic E-state index is 10.8. The highest BCUT2D eigenvalue weighted by Gasteiger charge is 2.20. The van der Waals surface area contributed by atoms with Gasteiger partial charge in [-0.25, -0.2) is 0 Å². The Hall–Kier alpha value is -3.11. The maximum absolute atomic E-state index is 10.8. The molecule has 0 saturated carbocycles. The fourth-order valence-corrected chi connectivity index (χ4v) is 4.84. The van der Waals surface area contributed by atoms with Gasteiger partial charge < -0.3 is 14.7 Å². The molecule has 3 aromatic carbocycles. The van der Waals surface area contributed by atoms with Crippen molar-refractivity contribution in [2.45, 2.75) is 52.1 Å². The Morgan fingerprint density at radius 1 is 1.03 bits per heavy atom. The van der Waals surface area contributed by atoms with Crippen molar-refractivity contribution in [1.29, 1.82) is 0 Å². The number of nitrogens with zero attached hydrogens (tertiary/aromatic N) is 1. The Morgan fingerprint density at radius 2 is 1.79 bits per heavy atom. The first-order valence-electron chi connectivity index (χ1n) is 12.4. The molecule has 0 amide bonds. The van der Waals surface area contributed by atoms with Gasteiger partial charge in [-0.1, -0.05) is 67.1 Å². The first-order chi connectivity index (χ1) is 16.5. The third-order valence-corrected chi connectivity index (χ3v) is 6.87. The molecule has 178 valence electrons. The van der Waals surface area contributed by atoms with Crippen LogP contribution < -0.4 is 4.74 Å². The standard InChI is InChI=1S/C30H35NO3/c1-3-24-20-28(11-12-29(24)27-6-4-5-22(2)19-27)34-21-23-7-9-25(10-8-23)26-13-16-31(17-14-26)18-15-30(32)33/h4-12,19-20,26H,3,13-18,21H2,1-2H3,(H,32,33). The number of carboxylic acids is 1. The SMILES string of the molecule is CCc1cc(OCc2ccc(C3CCN(CCC(=O)O)CC3)cc2)ccc1-c1cccc(C)c1. The van der Waals surface area contributed by atoms with Crippen molar-refractivity contribution in [3.63, 3.8) is 0 Å². The first-order valence-corrected chi connectivity index (χ1v) is 12.4. The largest absolute Gasteiger partial charge is 0.489 e. The lowest BCUT2D eigenvalue weighted by atomic mass is 9.89. The van der Waals surface area contributed by atoms with Gasteiger partial charge in [-0.2, -0.15) is 0 Å². The number of piperidine rings is 1. The average molecular weight is 458 g/mol. The van der Waals surface area contributed by atoms with Crippen LogP contribution in [0.4, 0.5) is 0 Å². The van der Waals surface area contributed by atoms with Crippen molar-refractivity contribution in [1.82, 2.24) is 4.90 Å². The molecule has 1 saturated heterocycles. The lowest BCUT2D eigenvalue weighted by Gasteiger charge is -2.31. The molecule has 1 aliphatic rings. The minimum atomic E-state index is -0.715. The van der Waals surface area contributed by atoms with Gasteiger partial charge in [-0.05, 0) is 85.1 Å². The Labute approximate surface area is 203 Å². The zero-order chi connectivity index (χ0) is 23.9. The smallest absolute Gasteiger partial charge is 0.304 e. The van der Waals surface area contributed by atoms with E-state index in [1.807, 2.05) is 0 Å². The number of ether oxygens (including phenoxy) is 1. The Morgan fingerprint density at radius 3 is 2.47 bits per heavy atom. The van der Waals surface area contributed by atoms with Gasteiger partial charge in [0.05, 0.1) is 6.42 Å². The lowest BCUT2D eigenvalue weighted by molar-refractivity contribution is -0.137. The summed E-state index contributed by atoms with van der Waals surface area (Å²) < 4.78 is 6.14. The Balaban J connectivity index is 1.32. The second-order valence-electron chi connectivity index (χ2n) is 9.33. The first kappa shape index (κ1) is 24.0. The molecule has 0 aromatic heterocycles. The van der Waals surface area contributed by atoms with Crippen LogP contribution in [0.2, 0.25) is 0 Å². The third kappa shape index (κ3) is 6.27. The fourth-order valence-electron chi connectivity index (χ4n) is 4.84. The highest BCUT2D eigenvalue weighted by molar-refractivity contribution is 5.69. The molecule has 0 atom stereocenters. The molecule has 0 spiro atoms. The van der Waals surface area contributed by atoms with Crippen LogP contribution in [-0.4, -0.2) is 35.6 Å². The van der Waals surface area contributed by atoms with Gasteiger partial charge in [0.25, 0.3) is 0 Å². The number of aryl methyl sites for hydroxylation is 2. The van der Waals surface area contributed by atoms with Crippen LogP contribution in [0, 0.1) is 6.92 Å². The van der Waals surface area contributed by atoms with Crippen LogP contribution in [0.1, 0.15) is 54.4 Å². The second kappa shape index (κ2) is 11.3. The van der Waals surface area contributed by atoms with Crippen LogP contribution in [0.3, 0.4) is 0 Å².